The first-order valence-electron chi connectivity index (χ1n) is 29.8. The smallest absolute Gasteiger partial charge is 0.164 e. The van der Waals surface area contributed by atoms with Crippen molar-refractivity contribution in [2.45, 2.75) is 38.5 Å². The van der Waals surface area contributed by atoms with Crippen LogP contribution in [0.2, 0.25) is 0 Å². The molecule has 86 heavy (non-hydrogen) atoms. The molecule has 12 aromatic carbocycles. The molecule has 0 spiro atoms. The van der Waals surface area contributed by atoms with Crippen molar-refractivity contribution in [2.24, 2.45) is 0 Å². The molecular weight excluding hydrogens is 1040 g/mol. The molecule has 0 atom stereocenters. The number of nitrogens with zero attached hydrogens (tertiary/aromatic N) is 5. The molecule has 5 nitrogen and oxygen atoms in total. The van der Waals surface area contributed by atoms with Gasteiger partial charge in [0.1, 0.15) is 0 Å². The molecule has 0 amide bonds. The van der Waals surface area contributed by atoms with Crippen molar-refractivity contribution in [3.63, 3.8) is 0 Å². The van der Waals surface area contributed by atoms with E-state index in [0.29, 0.717) is 17.5 Å². The van der Waals surface area contributed by atoms with Crippen LogP contribution in [0.3, 0.4) is 0 Å². The summed E-state index contributed by atoms with van der Waals surface area (Å²) in [6.07, 6.45) is 0. The fourth-order valence-electron chi connectivity index (χ4n) is 14.3. The van der Waals surface area contributed by atoms with E-state index in [2.05, 4.69) is 273 Å². The Kier molecular flexibility index (Phi) is 10.9. The van der Waals surface area contributed by atoms with Crippen molar-refractivity contribution >= 4 is 43.6 Å². The van der Waals surface area contributed by atoms with Crippen LogP contribution in [0.15, 0.2) is 273 Å². The summed E-state index contributed by atoms with van der Waals surface area (Å²) < 4.78 is 4.99. The zero-order valence-electron chi connectivity index (χ0n) is 48.2. The Morgan fingerprint density at radius 2 is 0.547 bits per heavy atom. The van der Waals surface area contributed by atoms with E-state index in [9.17, 15) is 0 Å². The van der Waals surface area contributed by atoms with Crippen LogP contribution >= 0.6 is 0 Å². The molecule has 2 aliphatic rings. The van der Waals surface area contributed by atoms with Gasteiger partial charge >= 0.3 is 0 Å². The summed E-state index contributed by atoms with van der Waals surface area (Å²) in [7, 11) is 0. The van der Waals surface area contributed by atoms with E-state index in [1.54, 1.807) is 0 Å². The summed E-state index contributed by atoms with van der Waals surface area (Å²) >= 11 is 0. The second-order valence-corrected chi connectivity index (χ2v) is 24.4. The highest BCUT2D eigenvalue weighted by Gasteiger charge is 2.37. The van der Waals surface area contributed by atoms with Gasteiger partial charge in [-0.05, 0) is 157 Å². The predicted octanol–water partition coefficient (Wildman–Crippen LogP) is 20.7. The minimum absolute atomic E-state index is 0.221. The van der Waals surface area contributed by atoms with Crippen LogP contribution in [0.5, 0.6) is 0 Å². The van der Waals surface area contributed by atoms with Crippen molar-refractivity contribution in [3.05, 3.63) is 295 Å². The van der Waals surface area contributed by atoms with Crippen molar-refractivity contribution in [1.29, 1.82) is 0 Å². The molecular formula is C81H57N5. The minimum atomic E-state index is -0.221. The Morgan fingerprint density at radius 1 is 0.233 bits per heavy atom. The third kappa shape index (κ3) is 7.67. The first-order chi connectivity index (χ1) is 42.1. The van der Waals surface area contributed by atoms with Gasteiger partial charge in [0.05, 0.1) is 33.4 Å². The maximum Gasteiger partial charge on any atom is 0.164 e. The van der Waals surface area contributed by atoms with Crippen LogP contribution in [0, 0.1) is 0 Å². The van der Waals surface area contributed by atoms with Crippen molar-refractivity contribution in [3.8, 4) is 101 Å². The summed E-state index contributed by atoms with van der Waals surface area (Å²) in [6, 6.07) is 100.0. The molecule has 15 aromatic rings. The van der Waals surface area contributed by atoms with Gasteiger partial charge < -0.3 is 9.13 Å². The van der Waals surface area contributed by atoms with Crippen molar-refractivity contribution < 1.29 is 0 Å². The first-order valence-corrected chi connectivity index (χ1v) is 29.8. The van der Waals surface area contributed by atoms with E-state index >= 15 is 0 Å². The van der Waals surface area contributed by atoms with E-state index in [4.69, 9.17) is 15.0 Å². The molecule has 2 aliphatic heterocycles. The normalized spacial score (nSPS) is 13.5. The van der Waals surface area contributed by atoms with Crippen LogP contribution in [0.1, 0.15) is 49.9 Å². The van der Waals surface area contributed by atoms with Gasteiger partial charge in [-0.3, -0.25) is 0 Å². The van der Waals surface area contributed by atoms with Gasteiger partial charge in [-0.15, -0.1) is 0 Å². The number of fused-ring (bicyclic) bond motifs is 10. The molecule has 5 heterocycles. The van der Waals surface area contributed by atoms with Crippen LogP contribution in [0.25, 0.3) is 145 Å². The van der Waals surface area contributed by atoms with Gasteiger partial charge in [0, 0.05) is 49.1 Å². The highest BCUT2D eigenvalue weighted by atomic mass is 15.0. The van der Waals surface area contributed by atoms with Crippen LogP contribution in [0.4, 0.5) is 0 Å². The molecule has 0 bridgehead atoms. The van der Waals surface area contributed by atoms with Gasteiger partial charge in [-0.25, -0.2) is 15.0 Å². The summed E-state index contributed by atoms with van der Waals surface area (Å²) in [5.74, 6) is 1.91. The maximum atomic E-state index is 5.08. The number of aromatic nitrogens is 5. The average Bonchev–Trinajstić information content (AvgIpc) is 1.85. The molecule has 0 saturated heterocycles. The Bertz CT molecular complexity index is 4970. The van der Waals surface area contributed by atoms with E-state index in [1.807, 2.05) is 36.4 Å². The standard InChI is InChI=1S/C81H57N5/c1-80(2)67-31-13-17-35-73(67)85-71-33-15-11-29-63(71)65-46-61(48-69(80)75(65)85)56-27-19-25-54(41-56)59-43-58(50-37-39-53(40-38-50)79-83-77(51-21-7-5-8-22-51)82-78(84-79)52-23-9-6-10-24-52)44-60(45-59)55-26-20-28-57(42-55)62-47-66-64-30-12-16-34-72(64)86-74-36-18-14-32-68(74)81(3,4)70(49-62)76(66)86/h5-49H,1-4H3. The molecule has 0 N–H and O–H groups in total. The van der Waals surface area contributed by atoms with Gasteiger partial charge in [0.2, 0.25) is 0 Å². The third-order valence-corrected chi connectivity index (χ3v) is 18.7. The van der Waals surface area contributed by atoms with E-state index in [1.165, 1.54) is 99.5 Å². The van der Waals surface area contributed by atoms with E-state index in [-0.39, 0.29) is 10.8 Å². The van der Waals surface area contributed by atoms with Gasteiger partial charge in [-0.2, -0.15) is 0 Å². The molecule has 0 saturated carbocycles. The summed E-state index contributed by atoms with van der Waals surface area (Å²) in [6.45, 7) is 9.55. The Morgan fingerprint density at radius 3 is 0.977 bits per heavy atom. The van der Waals surface area contributed by atoms with Crippen molar-refractivity contribution in [1.82, 2.24) is 24.1 Å². The summed E-state index contributed by atoms with van der Waals surface area (Å²) in [5, 5.41) is 5.09. The molecule has 0 radical (unpaired) electrons. The number of para-hydroxylation sites is 4. The number of benzene rings is 12. The molecule has 0 unspecified atom stereocenters. The lowest BCUT2D eigenvalue weighted by molar-refractivity contribution is 0.630. The van der Waals surface area contributed by atoms with Gasteiger partial charge in [-0.1, -0.05) is 222 Å². The Labute approximate surface area is 499 Å². The van der Waals surface area contributed by atoms with Gasteiger partial charge in [0.25, 0.3) is 0 Å². The molecule has 3 aromatic heterocycles. The Balaban J connectivity index is 0.820. The predicted molar refractivity (Wildman–Crippen MR) is 356 cm³/mol. The second kappa shape index (κ2) is 18.9. The van der Waals surface area contributed by atoms with E-state index < -0.39 is 0 Å². The lowest BCUT2D eigenvalue weighted by Gasteiger charge is -2.35. The molecule has 0 fully saturated rings. The quantitative estimate of drug-likeness (QED) is 0.152. The zero-order valence-corrected chi connectivity index (χ0v) is 48.2. The SMILES string of the molecule is CC1(C)c2ccccc2-n2c3ccccc3c3cc(-c4cccc(-c5cc(-c6ccc(-c7nc(-c8ccccc8)nc(-c8ccccc8)n7)cc6)cc(-c6cccc(-c7cc8c9c(c7)c7ccccc7n9-c7ccccc7C8(C)C)c6)c5)c4)cc1c32. The maximum absolute atomic E-state index is 5.08. The summed E-state index contributed by atoms with van der Waals surface area (Å²) in [5.41, 5.74) is 26.8. The number of hydrogen-bond donors (Lipinski definition) is 0. The lowest BCUT2D eigenvalue weighted by Crippen LogP contribution is -2.26. The largest absolute Gasteiger partial charge is 0.309 e. The monoisotopic (exact) mass is 1100 g/mol. The van der Waals surface area contributed by atoms with Gasteiger partial charge in [0.15, 0.2) is 17.5 Å². The Hall–Kier alpha value is -10.8. The molecule has 0 aliphatic carbocycles. The van der Waals surface area contributed by atoms with E-state index in [0.717, 1.165) is 50.1 Å². The molecule has 406 valence electrons. The molecule has 17 rings (SSSR count). The third-order valence-electron chi connectivity index (χ3n) is 18.7. The first kappa shape index (κ1) is 49.8. The van der Waals surface area contributed by atoms with Crippen LogP contribution in [-0.4, -0.2) is 24.1 Å². The topological polar surface area (TPSA) is 48.5 Å². The van der Waals surface area contributed by atoms with Crippen LogP contribution in [-0.2, 0) is 10.8 Å². The average molecular weight is 1100 g/mol. The fourth-order valence-corrected chi connectivity index (χ4v) is 14.3. The number of rotatable bonds is 8. The second-order valence-electron chi connectivity index (χ2n) is 24.4. The van der Waals surface area contributed by atoms with Crippen LogP contribution < -0.4 is 0 Å². The highest BCUT2D eigenvalue weighted by Crippen LogP contribution is 2.51. The fraction of sp³-hybridized carbons (Fsp3) is 0.0741. The zero-order chi connectivity index (χ0) is 57.4. The molecule has 5 heteroatoms. The summed E-state index contributed by atoms with van der Waals surface area (Å²) in [4.78, 5) is 15.1. The lowest BCUT2D eigenvalue weighted by atomic mass is 9.74. The highest BCUT2D eigenvalue weighted by molar-refractivity contribution is 6.14. The minimum Gasteiger partial charge on any atom is -0.309 e. The number of hydrogen-bond acceptors (Lipinski definition) is 3. The van der Waals surface area contributed by atoms with Crippen molar-refractivity contribution in [2.75, 3.05) is 0 Å².